The van der Waals surface area contributed by atoms with Gasteiger partial charge in [0.2, 0.25) is 5.84 Å². The molecule has 3 nitrogen and oxygen atoms in total. The Morgan fingerprint density at radius 1 is 1.27 bits per heavy atom. The number of amidine groups is 1. The molecule has 0 spiro atoms. The molecule has 0 aliphatic heterocycles. The first-order valence-electron chi connectivity index (χ1n) is 4.36. The first-order chi connectivity index (χ1) is 6.09. The first-order valence-corrected chi connectivity index (χ1v) is 4.36. The Labute approximate surface area is 112 Å². The average Bonchev–Trinajstić information content (AvgIpc) is 2.03. The number of quaternary nitrogens is 1. The van der Waals surface area contributed by atoms with E-state index in [0.29, 0.717) is 5.84 Å². The van der Waals surface area contributed by atoms with Gasteiger partial charge in [-0.25, -0.2) is 4.99 Å². The molecule has 1 aromatic rings. The van der Waals surface area contributed by atoms with Gasteiger partial charge in [-0.1, -0.05) is 6.07 Å². The lowest BCUT2D eigenvalue weighted by atomic mass is 10.2. The van der Waals surface area contributed by atoms with Crippen molar-refractivity contribution in [3.63, 3.8) is 0 Å². The van der Waals surface area contributed by atoms with Crippen LogP contribution in [-0.2, 0) is 0 Å². The van der Waals surface area contributed by atoms with Crippen LogP contribution in [0.15, 0.2) is 24.3 Å². The molecule has 5 heteroatoms. The van der Waals surface area contributed by atoms with Gasteiger partial charge in [0.05, 0.1) is 14.1 Å². The van der Waals surface area contributed by atoms with Gasteiger partial charge in [-0.05, 0) is 12.1 Å². The molecule has 15 heavy (non-hydrogen) atoms. The Hall–Kier alpha value is -0.390. The summed E-state index contributed by atoms with van der Waals surface area (Å²) in [6.45, 7) is 1.84. The van der Waals surface area contributed by atoms with Gasteiger partial charge in [0.15, 0.2) is 0 Å². The minimum absolute atomic E-state index is 0. The second-order valence-corrected chi connectivity index (χ2v) is 3.39. The second-order valence-electron chi connectivity index (χ2n) is 3.39. The fourth-order valence-corrected chi connectivity index (χ4v) is 1.14. The van der Waals surface area contributed by atoms with Crippen LogP contribution in [0.4, 0.5) is 11.4 Å². The molecular formula is C10H17Br2N3. The molecule has 0 bridgehead atoms. The van der Waals surface area contributed by atoms with E-state index in [0.717, 1.165) is 5.69 Å². The van der Waals surface area contributed by atoms with Gasteiger partial charge in [0, 0.05) is 13.0 Å². The average molecular weight is 339 g/mol. The lowest BCUT2D eigenvalue weighted by molar-refractivity contribution is -0.786. The number of hydrogen-bond donors (Lipinski definition) is 3. The molecular weight excluding hydrogens is 322 g/mol. The van der Waals surface area contributed by atoms with E-state index in [4.69, 9.17) is 5.73 Å². The summed E-state index contributed by atoms with van der Waals surface area (Å²) in [7, 11) is 4.19. The van der Waals surface area contributed by atoms with Crippen molar-refractivity contribution in [2.24, 2.45) is 5.73 Å². The monoisotopic (exact) mass is 337 g/mol. The molecule has 0 heterocycles. The van der Waals surface area contributed by atoms with Crippen molar-refractivity contribution in [1.82, 2.24) is 0 Å². The number of nitrogens with two attached hydrogens (primary N) is 1. The van der Waals surface area contributed by atoms with Gasteiger partial charge in [-0.3, -0.25) is 5.73 Å². The van der Waals surface area contributed by atoms with E-state index in [-0.39, 0.29) is 34.0 Å². The minimum Gasteiger partial charge on any atom is -1.00 e. The molecule has 0 unspecified atom stereocenters. The van der Waals surface area contributed by atoms with Gasteiger partial charge < -0.3 is 38.9 Å². The number of benzene rings is 1. The van der Waals surface area contributed by atoms with Crippen LogP contribution in [0.1, 0.15) is 6.92 Å². The Morgan fingerprint density at radius 3 is 2.33 bits per heavy atom. The lowest BCUT2D eigenvalue weighted by Crippen LogP contribution is -3.00. The third kappa shape index (κ3) is 5.92. The van der Waals surface area contributed by atoms with Gasteiger partial charge in [0.25, 0.3) is 0 Å². The molecule has 0 radical (unpaired) electrons. The zero-order valence-electron chi connectivity index (χ0n) is 9.14. The first kappa shape index (κ1) is 17.0. The molecule has 0 aromatic heterocycles. The zero-order valence-corrected chi connectivity index (χ0v) is 12.3. The van der Waals surface area contributed by atoms with Crippen molar-refractivity contribution < 1.29 is 43.9 Å². The highest BCUT2D eigenvalue weighted by atomic mass is 79.9. The molecule has 0 saturated carbocycles. The quantitative estimate of drug-likeness (QED) is 0.364. The van der Waals surface area contributed by atoms with Crippen LogP contribution >= 0.6 is 0 Å². The zero-order chi connectivity index (χ0) is 9.84. The van der Waals surface area contributed by atoms with E-state index in [1.807, 2.05) is 19.1 Å². The Morgan fingerprint density at radius 2 is 1.87 bits per heavy atom. The van der Waals surface area contributed by atoms with Crippen LogP contribution in [0.3, 0.4) is 0 Å². The number of halogens is 2. The van der Waals surface area contributed by atoms with Gasteiger partial charge in [0.1, 0.15) is 11.4 Å². The third-order valence-corrected chi connectivity index (χ3v) is 1.78. The predicted molar refractivity (Wildman–Crippen MR) is 54.4 cm³/mol. The maximum atomic E-state index is 5.55. The summed E-state index contributed by atoms with van der Waals surface area (Å²) in [6, 6.07) is 8.20. The standard InChI is InChI=1S/C10H15N3.2BrH/c1-8(11)12-9-5-4-6-10(7-9)13(2)3;;/h4-7H,1-3H3,(H2,11,12);2*1H. The van der Waals surface area contributed by atoms with Crippen molar-refractivity contribution in [2.45, 2.75) is 6.92 Å². The van der Waals surface area contributed by atoms with Crippen LogP contribution in [-0.4, -0.2) is 19.9 Å². The Bertz CT molecular complexity index is 320. The van der Waals surface area contributed by atoms with Gasteiger partial charge >= 0.3 is 0 Å². The van der Waals surface area contributed by atoms with Crippen molar-refractivity contribution in [3.05, 3.63) is 24.3 Å². The third-order valence-electron chi connectivity index (χ3n) is 1.78. The van der Waals surface area contributed by atoms with Crippen molar-refractivity contribution in [3.8, 4) is 0 Å². The Balaban J connectivity index is 0. The van der Waals surface area contributed by atoms with Crippen LogP contribution in [0.2, 0.25) is 0 Å². The summed E-state index contributed by atoms with van der Waals surface area (Å²) in [5, 5.41) is 0. The van der Waals surface area contributed by atoms with Crippen molar-refractivity contribution in [1.29, 1.82) is 0 Å². The minimum atomic E-state index is 0. The number of nitrogens with one attached hydrogen (secondary N) is 2. The summed E-state index contributed by atoms with van der Waals surface area (Å²) < 4.78 is 0. The molecule has 0 fully saturated rings. The van der Waals surface area contributed by atoms with Crippen LogP contribution < -0.4 is 49.6 Å². The van der Waals surface area contributed by atoms with Crippen LogP contribution in [0, 0.1) is 0 Å². The summed E-state index contributed by atoms with van der Waals surface area (Å²) in [5.41, 5.74) is 7.83. The molecule has 1 rings (SSSR count). The summed E-state index contributed by atoms with van der Waals surface area (Å²) >= 11 is 0. The van der Waals surface area contributed by atoms with Crippen molar-refractivity contribution in [2.75, 3.05) is 14.1 Å². The van der Waals surface area contributed by atoms with Crippen molar-refractivity contribution >= 4 is 17.2 Å². The topological polar surface area (TPSA) is 44.4 Å². The molecule has 0 aliphatic rings. The van der Waals surface area contributed by atoms with Gasteiger partial charge in [-0.2, -0.15) is 0 Å². The molecule has 86 valence electrons. The SMILES string of the molecule is CC(N)=[NH+]c1cccc([NH+](C)C)c1.[Br-].[Br-]. The summed E-state index contributed by atoms with van der Waals surface area (Å²) in [6.07, 6.45) is 0. The fourth-order valence-electron chi connectivity index (χ4n) is 1.14. The maximum Gasteiger partial charge on any atom is 0.242 e. The lowest BCUT2D eigenvalue weighted by Gasteiger charge is -2.05. The van der Waals surface area contributed by atoms with Crippen LogP contribution in [0.25, 0.3) is 0 Å². The Kier molecular flexibility index (Phi) is 8.90. The molecule has 0 amide bonds. The smallest absolute Gasteiger partial charge is 0.242 e. The highest BCUT2D eigenvalue weighted by Gasteiger charge is 2.01. The maximum absolute atomic E-state index is 5.55. The number of hydrogen-bond acceptors (Lipinski definition) is 0. The molecule has 1 aromatic carbocycles. The second kappa shape index (κ2) is 7.84. The summed E-state index contributed by atoms with van der Waals surface area (Å²) in [4.78, 5) is 4.39. The molecule has 4 N–H and O–H groups in total. The highest BCUT2D eigenvalue weighted by Crippen LogP contribution is 2.04. The molecule has 0 atom stereocenters. The van der Waals surface area contributed by atoms with Gasteiger partial charge in [-0.15, -0.1) is 0 Å². The van der Waals surface area contributed by atoms with E-state index < -0.39 is 0 Å². The highest BCUT2D eigenvalue weighted by molar-refractivity contribution is 5.72. The van der Waals surface area contributed by atoms with E-state index in [2.05, 4.69) is 31.2 Å². The predicted octanol–water partition coefficient (Wildman–Crippen LogP) is -7.44. The largest absolute Gasteiger partial charge is 1.00 e. The summed E-state index contributed by atoms with van der Waals surface area (Å²) in [5.74, 6) is 0.714. The van der Waals surface area contributed by atoms with E-state index in [9.17, 15) is 0 Å². The van der Waals surface area contributed by atoms with E-state index >= 15 is 0 Å². The molecule has 0 saturated heterocycles. The van der Waals surface area contributed by atoms with E-state index in [1.165, 1.54) is 10.6 Å². The number of rotatable bonds is 2. The van der Waals surface area contributed by atoms with Crippen LogP contribution in [0.5, 0.6) is 0 Å². The normalized spacial score (nSPS) is 10.5. The molecule has 0 aliphatic carbocycles. The van der Waals surface area contributed by atoms with E-state index in [1.54, 1.807) is 0 Å². The fraction of sp³-hybridized carbons (Fsp3) is 0.300.